The normalized spacial score (nSPS) is 15.3. The molecule has 0 aliphatic carbocycles. The van der Waals surface area contributed by atoms with Crippen LogP contribution >= 0.6 is 0 Å². The Bertz CT molecular complexity index is 909. The maximum absolute atomic E-state index is 13.7. The first-order valence-corrected chi connectivity index (χ1v) is 8.23. The van der Waals surface area contributed by atoms with E-state index in [2.05, 4.69) is 15.0 Å². The van der Waals surface area contributed by atoms with Crippen molar-refractivity contribution in [1.82, 2.24) is 14.6 Å². The molecule has 1 saturated heterocycles. The average Bonchev–Trinajstić information content (AvgIpc) is 3.22. The number of benzene rings is 1. The second-order valence-corrected chi connectivity index (χ2v) is 6.27. The van der Waals surface area contributed by atoms with Gasteiger partial charge in [-0.25, -0.2) is 4.98 Å². The summed E-state index contributed by atoms with van der Waals surface area (Å²) in [6.45, 7) is 3.44. The van der Waals surface area contributed by atoms with E-state index < -0.39 is 11.9 Å². The molecule has 0 amide bonds. The number of rotatable bonds is 2. The maximum atomic E-state index is 13.7. The van der Waals surface area contributed by atoms with Crippen LogP contribution in [0.1, 0.15) is 24.2 Å². The first-order valence-electron chi connectivity index (χ1n) is 8.23. The molecule has 1 aliphatic heterocycles. The van der Waals surface area contributed by atoms with Crippen LogP contribution in [0.4, 0.5) is 19.0 Å². The first-order chi connectivity index (χ1) is 11.9. The highest BCUT2D eigenvalue weighted by Crippen LogP contribution is 2.39. The Morgan fingerprint density at radius 3 is 2.36 bits per heavy atom. The second kappa shape index (κ2) is 5.75. The molecule has 2 aromatic heterocycles. The Morgan fingerprint density at radius 1 is 1.04 bits per heavy atom. The summed E-state index contributed by atoms with van der Waals surface area (Å²) in [5, 5.41) is 3.93. The highest BCUT2D eigenvalue weighted by molar-refractivity contribution is 5.81. The summed E-state index contributed by atoms with van der Waals surface area (Å²) in [5.74, 6) is 0.674. The van der Waals surface area contributed by atoms with E-state index in [-0.39, 0.29) is 11.2 Å². The number of alkyl halides is 3. The van der Waals surface area contributed by atoms with Gasteiger partial charge in [0, 0.05) is 24.8 Å². The van der Waals surface area contributed by atoms with Crippen LogP contribution in [-0.4, -0.2) is 27.7 Å². The molecule has 0 radical (unpaired) electrons. The number of fused-ring (bicyclic) bond motifs is 1. The summed E-state index contributed by atoms with van der Waals surface area (Å²) in [6, 6.07) is 10.3. The third-order valence-corrected chi connectivity index (χ3v) is 4.46. The SMILES string of the molecule is Cc1cc(N2CCCC2)n2nc(C(F)(F)F)c(-c3ccccc3)c2n1. The van der Waals surface area contributed by atoms with E-state index in [4.69, 9.17) is 0 Å². The summed E-state index contributed by atoms with van der Waals surface area (Å²) >= 11 is 0. The number of nitrogens with zero attached hydrogens (tertiary/aromatic N) is 4. The summed E-state index contributed by atoms with van der Waals surface area (Å²) in [7, 11) is 0. The molecule has 4 rings (SSSR count). The Morgan fingerprint density at radius 2 is 1.72 bits per heavy atom. The zero-order valence-electron chi connectivity index (χ0n) is 13.7. The number of aromatic nitrogens is 3. The van der Waals surface area contributed by atoms with Gasteiger partial charge in [-0.15, -0.1) is 0 Å². The quantitative estimate of drug-likeness (QED) is 0.693. The van der Waals surface area contributed by atoms with Crippen LogP contribution in [0.2, 0.25) is 0 Å². The molecule has 1 fully saturated rings. The largest absolute Gasteiger partial charge is 0.435 e. The summed E-state index contributed by atoms with van der Waals surface area (Å²) in [6.07, 6.45) is -2.49. The van der Waals surface area contributed by atoms with Gasteiger partial charge in [-0.05, 0) is 25.3 Å². The smallest absolute Gasteiger partial charge is 0.356 e. The van der Waals surface area contributed by atoms with E-state index in [1.165, 1.54) is 4.52 Å². The van der Waals surface area contributed by atoms with Crippen molar-refractivity contribution in [2.45, 2.75) is 25.9 Å². The number of aryl methyl sites for hydroxylation is 1. The third-order valence-electron chi connectivity index (χ3n) is 4.46. The van der Waals surface area contributed by atoms with Crippen molar-refractivity contribution in [3.8, 4) is 11.1 Å². The van der Waals surface area contributed by atoms with E-state index in [0.29, 0.717) is 17.1 Å². The second-order valence-electron chi connectivity index (χ2n) is 6.27. The number of hydrogen-bond donors (Lipinski definition) is 0. The molecule has 0 atom stereocenters. The molecule has 0 bridgehead atoms. The Balaban J connectivity index is 2.05. The molecule has 1 aromatic carbocycles. The molecule has 0 spiro atoms. The van der Waals surface area contributed by atoms with Gasteiger partial charge in [-0.3, -0.25) is 0 Å². The Labute approximate surface area is 142 Å². The molecule has 0 N–H and O–H groups in total. The fourth-order valence-electron chi connectivity index (χ4n) is 3.36. The van der Waals surface area contributed by atoms with E-state index in [1.807, 2.05) is 0 Å². The highest BCUT2D eigenvalue weighted by atomic mass is 19.4. The molecular weight excluding hydrogens is 329 g/mol. The number of anilines is 1. The van der Waals surface area contributed by atoms with Gasteiger partial charge in [0.2, 0.25) is 0 Å². The molecule has 25 heavy (non-hydrogen) atoms. The molecule has 3 heterocycles. The lowest BCUT2D eigenvalue weighted by atomic mass is 10.1. The van der Waals surface area contributed by atoms with Crippen LogP contribution in [0.15, 0.2) is 36.4 Å². The van der Waals surface area contributed by atoms with Crippen LogP contribution in [0.5, 0.6) is 0 Å². The molecule has 3 aromatic rings. The third kappa shape index (κ3) is 2.73. The van der Waals surface area contributed by atoms with E-state index in [1.54, 1.807) is 43.3 Å². The number of halogens is 3. The maximum Gasteiger partial charge on any atom is 0.435 e. The standard InChI is InChI=1S/C18H17F3N4/c1-12-11-14(24-9-5-6-10-24)25-17(22-12)15(13-7-3-2-4-8-13)16(23-25)18(19,20)21/h2-4,7-8,11H,5-6,9-10H2,1H3. The van der Waals surface area contributed by atoms with Crippen molar-refractivity contribution in [1.29, 1.82) is 0 Å². The zero-order chi connectivity index (χ0) is 17.6. The van der Waals surface area contributed by atoms with Crippen LogP contribution in [0.25, 0.3) is 16.8 Å². The summed E-state index contributed by atoms with van der Waals surface area (Å²) in [4.78, 5) is 6.47. The Hall–Kier alpha value is -2.57. The molecular formula is C18H17F3N4. The minimum atomic E-state index is -4.55. The van der Waals surface area contributed by atoms with E-state index >= 15 is 0 Å². The van der Waals surface area contributed by atoms with Gasteiger partial charge in [0.25, 0.3) is 0 Å². The van der Waals surface area contributed by atoms with E-state index in [0.717, 1.165) is 25.9 Å². The minimum absolute atomic E-state index is 0.0391. The lowest BCUT2D eigenvalue weighted by Crippen LogP contribution is -2.21. The van der Waals surface area contributed by atoms with Crippen LogP contribution in [0, 0.1) is 6.92 Å². The molecule has 4 nitrogen and oxygen atoms in total. The fourth-order valence-corrected chi connectivity index (χ4v) is 3.36. The van der Waals surface area contributed by atoms with Gasteiger partial charge in [-0.2, -0.15) is 22.8 Å². The molecule has 130 valence electrons. The lowest BCUT2D eigenvalue weighted by Gasteiger charge is -2.18. The van der Waals surface area contributed by atoms with Crippen molar-refractivity contribution in [3.05, 3.63) is 47.8 Å². The summed E-state index contributed by atoms with van der Waals surface area (Å²) < 4.78 is 42.3. The highest BCUT2D eigenvalue weighted by Gasteiger charge is 2.39. The van der Waals surface area contributed by atoms with Crippen molar-refractivity contribution in [2.75, 3.05) is 18.0 Å². The van der Waals surface area contributed by atoms with Gasteiger partial charge in [0.15, 0.2) is 11.3 Å². The van der Waals surface area contributed by atoms with E-state index in [9.17, 15) is 13.2 Å². The first kappa shape index (κ1) is 15.9. The predicted octanol–water partition coefficient (Wildman–Crippen LogP) is 4.32. The lowest BCUT2D eigenvalue weighted by molar-refractivity contribution is -0.140. The van der Waals surface area contributed by atoms with Crippen molar-refractivity contribution < 1.29 is 13.2 Å². The Kier molecular flexibility index (Phi) is 3.67. The molecule has 7 heteroatoms. The van der Waals surface area contributed by atoms with Crippen LogP contribution in [-0.2, 0) is 6.18 Å². The van der Waals surface area contributed by atoms with Gasteiger partial charge in [-0.1, -0.05) is 30.3 Å². The van der Waals surface area contributed by atoms with Gasteiger partial charge in [0.1, 0.15) is 5.82 Å². The van der Waals surface area contributed by atoms with Gasteiger partial charge < -0.3 is 4.90 Å². The predicted molar refractivity (Wildman–Crippen MR) is 89.6 cm³/mol. The van der Waals surface area contributed by atoms with Crippen LogP contribution in [0.3, 0.4) is 0 Å². The van der Waals surface area contributed by atoms with Gasteiger partial charge >= 0.3 is 6.18 Å². The van der Waals surface area contributed by atoms with Crippen LogP contribution < -0.4 is 4.90 Å². The fraction of sp³-hybridized carbons (Fsp3) is 0.333. The number of hydrogen-bond acceptors (Lipinski definition) is 3. The average molecular weight is 346 g/mol. The monoisotopic (exact) mass is 346 g/mol. The van der Waals surface area contributed by atoms with Crippen molar-refractivity contribution in [3.63, 3.8) is 0 Å². The van der Waals surface area contributed by atoms with Crippen molar-refractivity contribution >= 4 is 11.5 Å². The van der Waals surface area contributed by atoms with Crippen molar-refractivity contribution in [2.24, 2.45) is 0 Å². The molecule has 0 saturated carbocycles. The molecule has 1 aliphatic rings. The topological polar surface area (TPSA) is 33.4 Å². The van der Waals surface area contributed by atoms with Gasteiger partial charge in [0.05, 0.1) is 5.56 Å². The minimum Gasteiger partial charge on any atom is -0.356 e. The molecule has 0 unspecified atom stereocenters. The zero-order valence-corrected chi connectivity index (χ0v) is 13.7. The summed E-state index contributed by atoms with van der Waals surface area (Å²) in [5.41, 5.74) is 0.547.